The highest BCUT2D eigenvalue weighted by Crippen LogP contribution is 2.12. The number of amides is 2. The minimum atomic E-state index is -1.02. The molecule has 1 atom stereocenters. The van der Waals surface area contributed by atoms with Gasteiger partial charge in [0.2, 0.25) is 0 Å². The first-order valence-electron chi connectivity index (χ1n) is 6.65. The molecule has 2 rings (SSSR count). The molecule has 1 aromatic rings. The highest BCUT2D eigenvalue weighted by Gasteiger charge is 2.14. The van der Waals surface area contributed by atoms with Crippen LogP contribution in [0.15, 0.2) is 24.3 Å². The largest absolute Gasteiger partial charge is 0.478 e. The lowest BCUT2D eigenvalue weighted by molar-refractivity contribution is 0.0187. The van der Waals surface area contributed by atoms with Gasteiger partial charge in [0.25, 0.3) is 0 Å². The van der Waals surface area contributed by atoms with E-state index >= 15 is 0 Å². The van der Waals surface area contributed by atoms with Gasteiger partial charge in [-0.2, -0.15) is 0 Å². The van der Waals surface area contributed by atoms with Crippen LogP contribution in [-0.2, 0) is 4.74 Å². The van der Waals surface area contributed by atoms with Crippen LogP contribution in [0.25, 0.3) is 0 Å². The number of carbonyl (C=O) groups is 2. The van der Waals surface area contributed by atoms with Gasteiger partial charge in [-0.05, 0) is 37.5 Å². The Morgan fingerprint density at radius 2 is 2.20 bits per heavy atom. The highest BCUT2D eigenvalue weighted by atomic mass is 16.5. The van der Waals surface area contributed by atoms with E-state index < -0.39 is 5.97 Å². The Bertz CT molecular complexity index is 484. The Morgan fingerprint density at radius 1 is 1.35 bits per heavy atom. The standard InChI is InChI=1S/C14H18N2O4/c17-13(18)10-4-3-5-11(8-10)16-14(19)15-9-12-6-1-2-7-20-12/h3-5,8,12H,1-2,6-7,9H2,(H,17,18)(H2,15,16,19). The molecule has 0 saturated carbocycles. The number of nitrogens with one attached hydrogen (secondary N) is 2. The van der Waals surface area contributed by atoms with Gasteiger partial charge in [0, 0.05) is 18.8 Å². The predicted octanol–water partition coefficient (Wildman–Crippen LogP) is 2.08. The maximum atomic E-state index is 11.7. The average molecular weight is 278 g/mol. The van der Waals surface area contributed by atoms with Crippen molar-refractivity contribution in [3.8, 4) is 0 Å². The third-order valence-corrected chi connectivity index (χ3v) is 3.13. The summed E-state index contributed by atoms with van der Waals surface area (Å²) in [4.78, 5) is 22.5. The Kier molecular flexibility index (Phi) is 4.95. The van der Waals surface area contributed by atoms with Crippen LogP contribution in [0.4, 0.5) is 10.5 Å². The van der Waals surface area contributed by atoms with Crippen molar-refractivity contribution in [1.82, 2.24) is 5.32 Å². The van der Waals surface area contributed by atoms with Crippen molar-refractivity contribution in [1.29, 1.82) is 0 Å². The van der Waals surface area contributed by atoms with E-state index in [1.54, 1.807) is 12.1 Å². The van der Waals surface area contributed by atoms with Crippen LogP contribution >= 0.6 is 0 Å². The van der Waals surface area contributed by atoms with Crippen LogP contribution in [0.2, 0.25) is 0 Å². The van der Waals surface area contributed by atoms with Crippen molar-refractivity contribution >= 4 is 17.7 Å². The summed E-state index contributed by atoms with van der Waals surface area (Å²) in [5.41, 5.74) is 0.588. The molecule has 1 aliphatic heterocycles. The van der Waals surface area contributed by atoms with Crippen molar-refractivity contribution in [2.24, 2.45) is 0 Å². The van der Waals surface area contributed by atoms with Crippen molar-refractivity contribution < 1.29 is 19.4 Å². The quantitative estimate of drug-likeness (QED) is 0.786. The van der Waals surface area contributed by atoms with Crippen LogP contribution in [-0.4, -0.2) is 36.4 Å². The number of anilines is 1. The van der Waals surface area contributed by atoms with Crippen LogP contribution < -0.4 is 10.6 Å². The van der Waals surface area contributed by atoms with Gasteiger partial charge < -0.3 is 20.5 Å². The SMILES string of the molecule is O=C(NCC1CCCCO1)Nc1cccc(C(=O)O)c1. The summed E-state index contributed by atoms with van der Waals surface area (Å²) in [7, 11) is 0. The number of hydrogen-bond donors (Lipinski definition) is 3. The van der Waals surface area contributed by atoms with Gasteiger partial charge >= 0.3 is 12.0 Å². The van der Waals surface area contributed by atoms with Gasteiger partial charge in [-0.15, -0.1) is 0 Å². The molecule has 1 saturated heterocycles. The molecule has 0 radical (unpaired) electrons. The first-order chi connectivity index (χ1) is 9.65. The normalized spacial score (nSPS) is 18.3. The summed E-state index contributed by atoms with van der Waals surface area (Å²) in [5.74, 6) is -1.02. The summed E-state index contributed by atoms with van der Waals surface area (Å²) in [6.07, 6.45) is 3.22. The lowest BCUT2D eigenvalue weighted by Gasteiger charge is -2.22. The van der Waals surface area contributed by atoms with E-state index in [-0.39, 0.29) is 17.7 Å². The smallest absolute Gasteiger partial charge is 0.335 e. The number of rotatable bonds is 4. The molecule has 20 heavy (non-hydrogen) atoms. The minimum absolute atomic E-state index is 0.0693. The molecule has 1 unspecified atom stereocenters. The molecule has 2 amide bonds. The van der Waals surface area contributed by atoms with E-state index in [0.717, 1.165) is 25.9 Å². The fourth-order valence-corrected chi connectivity index (χ4v) is 2.08. The summed E-state index contributed by atoms with van der Waals surface area (Å²) in [6, 6.07) is 5.76. The number of hydrogen-bond acceptors (Lipinski definition) is 3. The summed E-state index contributed by atoms with van der Waals surface area (Å²) < 4.78 is 5.51. The Morgan fingerprint density at radius 3 is 2.90 bits per heavy atom. The maximum absolute atomic E-state index is 11.7. The van der Waals surface area contributed by atoms with Gasteiger partial charge in [-0.25, -0.2) is 9.59 Å². The number of carboxylic acid groups (broad SMARTS) is 1. The first kappa shape index (κ1) is 14.3. The monoisotopic (exact) mass is 278 g/mol. The number of benzene rings is 1. The molecular formula is C14H18N2O4. The van der Waals surface area contributed by atoms with Gasteiger partial charge in [0.05, 0.1) is 11.7 Å². The lowest BCUT2D eigenvalue weighted by Crippen LogP contribution is -2.37. The number of carbonyl (C=O) groups excluding carboxylic acids is 1. The molecule has 0 aliphatic carbocycles. The molecule has 3 N–H and O–H groups in total. The van der Waals surface area contributed by atoms with Crippen LogP contribution in [0.5, 0.6) is 0 Å². The highest BCUT2D eigenvalue weighted by molar-refractivity contribution is 5.93. The second-order valence-corrected chi connectivity index (χ2v) is 4.71. The fourth-order valence-electron chi connectivity index (χ4n) is 2.08. The predicted molar refractivity (Wildman–Crippen MR) is 74.0 cm³/mol. The Balaban J connectivity index is 1.81. The van der Waals surface area contributed by atoms with Gasteiger partial charge in [-0.1, -0.05) is 6.07 Å². The van der Waals surface area contributed by atoms with E-state index in [4.69, 9.17) is 9.84 Å². The lowest BCUT2D eigenvalue weighted by atomic mass is 10.1. The molecule has 6 nitrogen and oxygen atoms in total. The van der Waals surface area contributed by atoms with Crippen molar-refractivity contribution in [2.75, 3.05) is 18.5 Å². The molecule has 0 spiro atoms. The average Bonchev–Trinajstić information content (AvgIpc) is 2.46. The molecule has 0 bridgehead atoms. The van der Waals surface area contributed by atoms with Crippen LogP contribution in [0.1, 0.15) is 29.6 Å². The molecule has 0 aromatic heterocycles. The number of aromatic carboxylic acids is 1. The maximum Gasteiger partial charge on any atom is 0.335 e. The summed E-state index contributed by atoms with van der Waals surface area (Å²) in [5, 5.41) is 14.2. The molecule has 108 valence electrons. The number of ether oxygens (including phenoxy) is 1. The van der Waals surface area contributed by atoms with Crippen molar-refractivity contribution in [2.45, 2.75) is 25.4 Å². The molecule has 6 heteroatoms. The van der Waals surface area contributed by atoms with E-state index in [1.165, 1.54) is 12.1 Å². The summed E-state index contributed by atoms with van der Waals surface area (Å²) >= 11 is 0. The van der Waals surface area contributed by atoms with Crippen LogP contribution in [0.3, 0.4) is 0 Å². The van der Waals surface area contributed by atoms with E-state index in [1.807, 2.05) is 0 Å². The van der Waals surface area contributed by atoms with E-state index in [2.05, 4.69) is 10.6 Å². The van der Waals surface area contributed by atoms with E-state index in [9.17, 15) is 9.59 Å². The second kappa shape index (κ2) is 6.91. The summed E-state index contributed by atoms with van der Waals surface area (Å²) in [6.45, 7) is 1.21. The number of carboxylic acids is 1. The van der Waals surface area contributed by atoms with E-state index in [0.29, 0.717) is 12.2 Å². The third-order valence-electron chi connectivity index (χ3n) is 3.13. The van der Waals surface area contributed by atoms with Crippen LogP contribution in [0, 0.1) is 0 Å². The zero-order chi connectivity index (χ0) is 14.4. The molecule has 1 aliphatic rings. The molecular weight excluding hydrogens is 260 g/mol. The van der Waals surface area contributed by atoms with Crippen molar-refractivity contribution in [3.05, 3.63) is 29.8 Å². The van der Waals surface area contributed by atoms with Gasteiger partial charge in [-0.3, -0.25) is 0 Å². The van der Waals surface area contributed by atoms with Gasteiger partial charge in [0.15, 0.2) is 0 Å². The first-order valence-corrected chi connectivity index (χ1v) is 6.65. The minimum Gasteiger partial charge on any atom is -0.478 e. The Labute approximate surface area is 117 Å². The zero-order valence-electron chi connectivity index (χ0n) is 11.1. The number of urea groups is 1. The zero-order valence-corrected chi connectivity index (χ0v) is 11.1. The molecule has 1 fully saturated rings. The fraction of sp³-hybridized carbons (Fsp3) is 0.429. The second-order valence-electron chi connectivity index (χ2n) is 4.71. The topological polar surface area (TPSA) is 87.7 Å². The molecule has 1 aromatic carbocycles. The Hall–Kier alpha value is -2.08. The van der Waals surface area contributed by atoms with Crippen molar-refractivity contribution in [3.63, 3.8) is 0 Å². The third kappa shape index (κ3) is 4.24. The van der Waals surface area contributed by atoms with Gasteiger partial charge in [0.1, 0.15) is 0 Å². The molecule has 1 heterocycles.